The van der Waals surface area contributed by atoms with Gasteiger partial charge in [-0.3, -0.25) is 5.01 Å². The van der Waals surface area contributed by atoms with Gasteiger partial charge in [0.15, 0.2) is 0 Å². The number of hydrogen-bond donors (Lipinski definition) is 0. The number of hydrazone groups is 1. The fraction of sp³-hybridized carbons (Fsp3) is 0.208. The molecule has 1 atom stereocenters. The lowest BCUT2D eigenvalue weighted by molar-refractivity contribution is 0.709. The van der Waals surface area contributed by atoms with Gasteiger partial charge in [0.25, 0.3) is 0 Å². The lowest BCUT2D eigenvalue weighted by Crippen LogP contribution is -2.18. The van der Waals surface area contributed by atoms with E-state index in [9.17, 15) is 0 Å². The summed E-state index contributed by atoms with van der Waals surface area (Å²) >= 11 is 0. The van der Waals surface area contributed by atoms with E-state index < -0.39 is 0 Å². The zero-order valence-electron chi connectivity index (χ0n) is 15.6. The molecule has 3 aromatic rings. The Morgan fingerprint density at radius 2 is 1.38 bits per heavy atom. The molecule has 0 aromatic heterocycles. The molecule has 1 heterocycles. The maximum atomic E-state index is 5.07. The summed E-state index contributed by atoms with van der Waals surface area (Å²) in [7, 11) is 0. The second kappa shape index (κ2) is 6.80. The summed E-state index contributed by atoms with van der Waals surface area (Å²) in [5.74, 6) is 0. The van der Waals surface area contributed by atoms with E-state index in [-0.39, 0.29) is 6.04 Å². The largest absolute Gasteiger partial charge is 0.257 e. The standard InChI is InChI=1S/C24H24N2/c1-17-14-19(3)22(15-18(17)2)23-16-24(20-10-6-4-7-11-20)26(25-23)21-12-8-5-9-13-21/h4-15,24H,16H2,1-3H3/t24-/m0/s1. The van der Waals surface area contributed by atoms with Gasteiger partial charge in [-0.05, 0) is 61.2 Å². The highest BCUT2D eigenvalue weighted by Crippen LogP contribution is 2.37. The number of para-hydroxylation sites is 1. The van der Waals surface area contributed by atoms with Crippen LogP contribution in [-0.4, -0.2) is 5.71 Å². The van der Waals surface area contributed by atoms with Crippen LogP contribution in [0.15, 0.2) is 77.9 Å². The molecule has 4 rings (SSSR count). The Morgan fingerprint density at radius 1 is 0.769 bits per heavy atom. The molecule has 0 aliphatic carbocycles. The van der Waals surface area contributed by atoms with E-state index in [0.29, 0.717) is 0 Å². The van der Waals surface area contributed by atoms with Crippen molar-refractivity contribution >= 4 is 11.4 Å². The van der Waals surface area contributed by atoms with Gasteiger partial charge in [-0.1, -0.05) is 54.6 Å². The molecule has 0 radical (unpaired) electrons. The highest BCUT2D eigenvalue weighted by molar-refractivity contribution is 6.04. The Balaban J connectivity index is 1.79. The minimum atomic E-state index is 0.231. The average molecular weight is 340 g/mol. The molecular formula is C24H24N2. The average Bonchev–Trinajstić information content (AvgIpc) is 3.11. The third-order valence-electron chi connectivity index (χ3n) is 5.27. The Labute approximate surface area is 155 Å². The Kier molecular flexibility index (Phi) is 4.34. The van der Waals surface area contributed by atoms with E-state index >= 15 is 0 Å². The topological polar surface area (TPSA) is 15.6 Å². The molecule has 0 bridgehead atoms. The van der Waals surface area contributed by atoms with Crippen LogP contribution in [0.5, 0.6) is 0 Å². The smallest absolute Gasteiger partial charge is 0.0831 e. The van der Waals surface area contributed by atoms with Crippen LogP contribution in [0.25, 0.3) is 0 Å². The van der Waals surface area contributed by atoms with E-state index in [1.807, 2.05) is 0 Å². The molecule has 1 aliphatic rings. The van der Waals surface area contributed by atoms with Gasteiger partial charge in [0.2, 0.25) is 0 Å². The fourth-order valence-corrected chi connectivity index (χ4v) is 3.70. The summed E-state index contributed by atoms with van der Waals surface area (Å²) in [5, 5.41) is 7.25. The molecule has 0 saturated carbocycles. The minimum Gasteiger partial charge on any atom is -0.257 e. The van der Waals surface area contributed by atoms with Crippen LogP contribution < -0.4 is 5.01 Å². The number of anilines is 1. The molecule has 130 valence electrons. The van der Waals surface area contributed by atoms with Gasteiger partial charge < -0.3 is 0 Å². The Morgan fingerprint density at radius 3 is 2.08 bits per heavy atom. The summed E-state index contributed by atoms with van der Waals surface area (Å²) in [5.41, 5.74) is 8.84. The van der Waals surface area contributed by atoms with Crippen LogP contribution in [0.1, 0.15) is 40.3 Å². The lowest BCUT2D eigenvalue weighted by Gasteiger charge is -2.23. The van der Waals surface area contributed by atoms with Crippen molar-refractivity contribution in [2.75, 3.05) is 5.01 Å². The van der Waals surface area contributed by atoms with Gasteiger partial charge in [0.05, 0.1) is 17.4 Å². The Bertz CT molecular complexity index is 943. The van der Waals surface area contributed by atoms with Crippen molar-refractivity contribution in [3.05, 3.63) is 101 Å². The SMILES string of the molecule is Cc1cc(C)c(C2=NN(c3ccccc3)[C@H](c3ccccc3)C2)cc1C. The highest BCUT2D eigenvalue weighted by Gasteiger charge is 2.30. The van der Waals surface area contributed by atoms with Gasteiger partial charge in [0, 0.05) is 12.0 Å². The summed E-state index contributed by atoms with van der Waals surface area (Å²) in [6.07, 6.45) is 0.919. The zero-order chi connectivity index (χ0) is 18.1. The van der Waals surface area contributed by atoms with Gasteiger partial charge in [-0.15, -0.1) is 0 Å². The number of hydrogen-bond acceptors (Lipinski definition) is 2. The number of rotatable bonds is 3. The van der Waals surface area contributed by atoms with E-state index in [1.165, 1.54) is 33.5 Å². The molecule has 0 amide bonds. The molecule has 0 fully saturated rings. The van der Waals surface area contributed by atoms with E-state index in [1.54, 1.807) is 0 Å². The summed E-state index contributed by atoms with van der Waals surface area (Å²) in [6, 6.07) is 26.0. The molecule has 0 spiro atoms. The molecule has 0 saturated heterocycles. The van der Waals surface area contributed by atoms with Crippen LogP contribution in [0.2, 0.25) is 0 Å². The second-order valence-corrected chi connectivity index (χ2v) is 7.11. The van der Waals surface area contributed by atoms with E-state index in [0.717, 1.165) is 12.1 Å². The fourth-order valence-electron chi connectivity index (χ4n) is 3.70. The zero-order valence-corrected chi connectivity index (χ0v) is 15.6. The first-order chi connectivity index (χ1) is 12.6. The molecule has 0 unspecified atom stereocenters. The highest BCUT2D eigenvalue weighted by atomic mass is 15.5. The molecule has 2 heteroatoms. The van der Waals surface area contributed by atoms with Gasteiger partial charge in [-0.25, -0.2) is 0 Å². The van der Waals surface area contributed by atoms with Crippen LogP contribution in [-0.2, 0) is 0 Å². The molecule has 3 aromatic carbocycles. The van der Waals surface area contributed by atoms with Crippen molar-refractivity contribution in [2.24, 2.45) is 5.10 Å². The number of benzene rings is 3. The Hall–Kier alpha value is -2.87. The van der Waals surface area contributed by atoms with E-state index in [4.69, 9.17) is 5.10 Å². The van der Waals surface area contributed by atoms with Crippen LogP contribution >= 0.6 is 0 Å². The van der Waals surface area contributed by atoms with Crippen molar-refractivity contribution in [2.45, 2.75) is 33.2 Å². The van der Waals surface area contributed by atoms with Crippen LogP contribution in [0.3, 0.4) is 0 Å². The van der Waals surface area contributed by atoms with Crippen molar-refractivity contribution in [3.63, 3.8) is 0 Å². The molecular weight excluding hydrogens is 316 g/mol. The third-order valence-corrected chi connectivity index (χ3v) is 5.27. The normalized spacial score (nSPS) is 16.7. The van der Waals surface area contributed by atoms with Crippen molar-refractivity contribution in [3.8, 4) is 0 Å². The predicted octanol–water partition coefficient (Wildman–Crippen LogP) is 5.97. The lowest BCUT2D eigenvalue weighted by atomic mass is 9.93. The monoisotopic (exact) mass is 340 g/mol. The maximum absolute atomic E-state index is 5.07. The summed E-state index contributed by atoms with van der Waals surface area (Å²) in [6.45, 7) is 6.54. The molecule has 26 heavy (non-hydrogen) atoms. The first-order valence-corrected chi connectivity index (χ1v) is 9.18. The first kappa shape index (κ1) is 16.6. The van der Waals surface area contributed by atoms with Gasteiger partial charge in [0.1, 0.15) is 0 Å². The van der Waals surface area contributed by atoms with Crippen molar-refractivity contribution < 1.29 is 0 Å². The van der Waals surface area contributed by atoms with Crippen LogP contribution in [0.4, 0.5) is 5.69 Å². The number of aryl methyl sites for hydroxylation is 3. The third kappa shape index (κ3) is 3.03. The summed E-state index contributed by atoms with van der Waals surface area (Å²) < 4.78 is 0. The maximum Gasteiger partial charge on any atom is 0.0831 e. The number of nitrogens with zero attached hydrogens (tertiary/aromatic N) is 2. The molecule has 2 nitrogen and oxygen atoms in total. The summed E-state index contributed by atoms with van der Waals surface area (Å²) in [4.78, 5) is 0. The van der Waals surface area contributed by atoms with E-state index in [2.05, 4.69) is 98.6 Å². The second-order valence-electron chi connectivity index (χ2n) is 7.11. The molecule has 0 N–H and O–H groups in total. The first-order valence-electron chi connectivity index (χ1n) is 9.18. The van der Waals surface area contributed by atoms with Gasteiger partial charge >= 0.3 is 0 Å². The van der Waals surface area contributed by atoms with Crippen molar-refractivity contribution in [1.29, 1.82) is 0 Å². The van der Waals surface area contributed by atoms with Crippen molar-refractivity contribution in [1.82, 2.24) is 0 Å². The van der Waals surface area contributed by atoms with Crippen LogP contribution in [0, 0.1) is 20.8 Å². The predicted molar refractivity (Wildman–Crippen MR) is 110 cm³/mol. The minimum absolute atomic E-state index is 0.231. The quantitative estimate of drug-likeness (QED) is 0.574. The molecule has 1 aliphatic heterocycles. The van der Waals surface area contributed by atoms with Gasteiger partial charge in [-0.2, -0.15) is 5.10 Å².